The monoisotopic (exact) mass is 423 g/mol. The van der Waals surface area contributed by atoms with Gasteiger partial charge in [0.05, 0.1) is 17.3 Å². The van der Waals surface area contributed by atoms with Gasteiger partial charge in [-0.1, -0.05) is 18.2 Å². The van der Waals surface area contributed by atoms with E-state index in [9.17, 15) is 14.4 Å². The third kappa shape index (κ3) is 4.82. The molecule has 1 aromatic heterocycles. The van der Waals surface area contributed by atoms with Crippen molar-refractivity contribution in [2.75, 3.05) is 6.79 Å². The molecule has 0 aliphatic carbocycles. The standard InChI is InChI=1S/C22H21N3O6/c1-13(21(27)23-11-14-6-7-17-18(10-14)30-12-29-17)31-20(26)9-8-19-24-16-5-3-2-4-15(16)22(28)25-19/h2-7,10,13H,8-9,11-12H2,1H3,(H,23,27)(H,24,25,28)/t13-/m0/s1. The van der Waals surface area contributed by atoms with Crippen LogP contribution in [-0.4, -0.2) is 34.7 Å². The highest BCUT2D eigenvalue weighted by Gasteiger charge is 2.19. The lowest BCUT2D eigenvalue weighted by Gasteiger charge is -2.13. The Hall–Kier alpha value is -3.88. The molecular formula is C22H21N3O6. The number of amides is 1. The molecule has 0 saturated heterocycles. The average Bonchev–Trinajstić information content (AvgIpc) is 3.24. The number of nitrogens with one attached hydrogen (secondary N) is 2. The Bertz CT molecular complexity index is 1190. The van der Waals surface area contributed by atoms with Gasteiger partial charge in [0.1, 0.15) is 5.82 Å². The van der Waals surface area contributed by atoms with Crippen LogP contribution in [0.5, 0.6) is 11.5 Å². The Morgan fingerprint density at radius 2 is 2.00 bits per heavy atom. The maximum atomic E-state index is 12.2. The van der Waals surface area contributed by atoms with Crippen molar-refractivity contribution in [2.24, 2.45) is 0 Å². The summed E-state index contributed by atoms with van der Waals surface area (Å²) in [5, 5.41) is 3.21. The van der Waals surface area contributed by atoms with E-state index in [0.29, 0.717) is 28.2 Å². The Morgan fingerprint density at radius 3 is 2.87 bits per heavy atom. The van der Waals surface area contributed by atoms with Crippen molar-refractivity contribution >= 4 is 22.8 Å². The van der Waals surface area contributed by atoms with Gasteiger partial charge in [0, 0.05) is 13.0 Å². The molecule has 2 heterocycles. The number of para-hydroxylation sites is 1. The van der Waals surface area contributed by atoms with E-state index < -0.39 is 18.0 Å². The molecule has 0 unspecified atom stereocenters. The summed E-state index contributed by atoms with van der Waals surface area (Å²) in [6.07, 6.45) is -0.768. The van der Waals surface area contributed by atoms with E-state index >= 15 is 0 Å². The van der Waals surface area contributed by atoms with Crippen LogP contribution in [0.25, 0.3) is 10.9 Å². The molecule has 9 nitrogen and oxygen atoms in total. The van der Waals surface area contributed by atoms with Crippen LogP contribution in [0, 0.1) is 0 Å². The maximum Gasteiger partial charge on any atom is 0.307 e. The first-order valence-electron chi connectivity index (χ1n) is 9.83. The van der Waals surface area contributed by atoms with Gasteiger partial charge in [-0.15, -0.1) is 0 Å². The third-order valence-electron chi connectivity index (χ3n) is 4.81. The number of aromatic amines is 1. The van der Waals surface area contributed by atoms with Crippen molar-refractivity contribution in [2.45, 2.75) is 32.4 Å². The molecule has 1 amide bonds. The van der Waals surface area contributed by atoms with Crippen molar-refractivity contribution in [3.8, 4) is 11.5 Å². The van der Waals surface area contributed by atoms with Crippen LogP contribution in [0.15, 0.2) is 47.3 Å². The number of aromatic nitrogens is 2. The second kappa shape index (κ2) is 8.86. The molecule has 0 bridgehead atoms. The SMILES string of the molecule is C[C@H](OC(=O)CCc1nc2ccccc2c(=O)[nH]1)C(=O)NCc1ccc2c(c1)OCO2. The van der Waals surface area contributed by atoms with Gasteiger partial charge < -0.3 is 24.5 Å². The summed E-state index contributed by atoms with van der Waals surface area (Å²) in [4.78, 5) is 43.5. The molecule has 0 radical (unpaired) electrons. The molecule has 3 aromatic rings. The topological polar surface area (TPSA) is 120 Å². The number of fused-ring (bicyclic) bond motifs is 2. The Labute approximate surface area is 177 Å². The molecule has 0 fully saturated rings. The summed E-state index contributed by atoms with van der Waals surface area (Å²) in [6, 6.07) is 12.4. The van der Waals surface area contributed by atoms with Gasteiger partial charge in [0.15, 0.2) is 17.6 Å². The lowest BCUT2D eigenvalue weighted by atomic mass is 10.2. The molecule has 31 heavy (non-hydrogen) atoms. The number of hydrogen-bond acceptors (Lipinski definition) is 7. The number of rotatable bonds is 7. The van der Waals surface area contributed by atoms with Crippen LogP contribution >= 0.6 is 0 Å². The van der Waals surface area contributed by atoms with E-state index in [1.54, 1.807) is 36.4 Å². The fraction of sp³-hybridized carbons (Fsp3) is 0.273. The van der Waals surface area contributed by atoms with E-state index in [1.165, 1.54) is 6.92 Å². The van der Waals surface area contributed by atoms with E-state index in [2.05, 4.69) is 15.3 Å². The smallest absolute Gasteiger partial charge is 0.307 e. The predicted octanol–water partition coefficient (Wildman–Crippen LogP) is 1.83. The zero-order valence-electron chi connectivity index (χ0n) is 16.8. The second-order valence-electron chi connectivity index (χ2n) is 7.07. The first kappa shape index (κ1) is 20.4. The number of hydrogen-bond donors (Lipinski definition) is 2. The van der Waals surface area contributed by atoms with Crippen molar-refractivity contribution < 1.29 is 23.8 Å². The van der Waals surface area contributed by atoms with Gasteiger partial charge in [0.25, 0.3) is 11.5 Å². The summed E-state index contributed by atoms with van der Waals surface area (Å²) >= 11 is 0. The summed E-state index contributed by atoms with van der Waals surface area (Å²) in [5.41, 5.74) is 1.14. The highest BCUT2D eigenvalue weighted by atomic mass is 16.7. The summed E-state index contributed by atoms with van der Waals surface area (Å²) in [5.74, 6) is 0.719. The number of carbonyl (C=O) groups excluding carboxylic acids is 2. The molecule has 4 rings (SSSR count). The van der Waals surface area contributed by atoms with Crippen molar-refractivity contribution in [1.29, 1.82) is 0 Å². The highest BCUT2D eigenvalue weighted by Crippen LogP contribution is 2.32. The van der Waals surface area contributed by atoms with Crippen molar-refractivity contribution in [3.05, 3.63) is 64.2 Å². The minimum absolute atomic E-state index is 0.0128. The minimum Gasteiger partial charge on any atom is -0.454 e. The number of esters is 1. The van der Waals surface area contributed by atoms with E-state index in [1.807, 2.05) is 6.07 Å². The van der Waals surface area contributed by atoms with Gasteiger partial charge in [-0.3, -0.25) is 14.4 Å². The lowest BCUT2D eigenvalue weighted by Crippen LogP contribution is -2.35. The number of carbonyl (C=O) groups is 2. The average molecular weight is 423 g/mol. The molecule has 2 aromatic carbocycles. The van der Waals surface area contributed by atoms with Crippen LogP contribution in [0.4, 0.5) is 0 Å². The normalized spacial score (nSPS) is 13.1. The number of nitrogens with zero attached hydrogens (tertiary/aromatic N) is 1. The molecule has 1 atom stereocenters. The summed E-state index contributed by atoms with van der Waals surface area (Å²) < 4.78 is 15.8. The van der Waals surface area contributed by atoms with Crippen LogP contribution in [0.1, 0.15) is 24.7 Å². The molecule has 1 aliphatic heterocycles. The molecule has 0 saturated carbocycles. The van der Waals surface area contributed by atoms with E-state index in [0.717, 1.165) is 5.56 Å². The van der Waals surface area contributed by atoms with E-state index in [-0.39, 0.29) is 31.7 Å². The van der Waals surface area contributed by atoms with Crippen LogP contribution < -0.4 is 20.3 Å². The van der Waals surface area contributed by atoms with Crippen molar-refractivity contribution in [3.63, 3.8) is 0 Å². The van der Waals surface area contributed by atoms with Gasteiger partial charge in [-0.25, -0.2) is 4.98 Å². The number of aryl methyl sites for hydroxylation is 1. The third-order valence-corrected chi connectivity index (χ3v) is 4.81. The molecule has 9 heteroatoms. The maximum absolute atomic E-state index is 12.2. The van der Waals surface area contributed by atoms with Crippen LogP contribution in [0.3, 0.4) is 0 Å². The predicted molar refractivity (Wildman–Crippen MR) is 111 cm³/mol. The first-order chi connectivity index (χ1) is 15.0. The van der Waals surface area contributed by atoms with Gasteiger partial charge in [-0.2, -0.15) is 0 Å². The quantitative estimate of drug-likeness (QED) is 0.557. The lowest BCUT2D eigenvalue weighted by molar-refractivity contribution is -0.154. The number of ether oxygens (including phenoxy) is 3. The number of benzene rings is 2. The minimum atomic E-state index is -0.954. The van der Waals surface area contributed by atoms with Crippen LogP contribution in [-0.2, 0) is 27.3 Å². The Kier molecular flexibility index (Phi) is 5.83. The van der Waals surface area contributed by atoms with Gasteiger partial charge in [-0.05, 0) is 36.8 Å². The Morgan fingerprint density at radius 1 is 1.19 bits per heavy atom. The molecule has 160 valence electrons. The number of H-pyrrole nitrogens is 1. The zero-order chi connectivity index (χ0) is 21.8. The molecule has 2 N–H and O–H groups in total. The molecular weight excluding hydrogens is 402 g/mol. The summed E-state index contributed by atoms with van der Waals surface area (Å²) in [7, 11) is 0. The highest BCUT2D eigenvalue weighted by molar-refractivity contribution is 5.83. The van der Waals surface area contributed by atoms with Gasteiger partial charge >= 0.3 is 5.97 Å². The molecule has 0 spiro atoms. The fourth-order valence-electron chi connectivity index (χ4n) is 3.17. The van der Waals surface area contributed by atoms with Crippen LogP contribution in [0.2, 0.25) is 0 Å². The largest absolute Gasteiger partial charge is 0.454 e. The fourth-order valence-corrected chi connectivity index (χ4v) is 3.17. The van der Waals surface area contributed by atoms with Crippen molar-refractivity contribution in [1.82, 2.24) is 15.3 Å². The first-order valence-corrected chi connectivity index (χ1v) is 9.83. The Balaban J connectivity index is 1.26. The zero-order valence-corrected chi connectivity index (χ0v) is 16.8. The van der Waals surface area contributed by atoms with Gasteiger partial charge in [0.2, 0.25) is 6.79 Å². The second-order valence-corrected chi connectivity index (χ2v) is 7.07. The summed E-state index contributed by atoms with van der Waals surface area (Å²) in [6.45, 7) is 1.95. The van der Waals surface area contributed by atoms with E-state index in [4.69, 9.17) is 14.2 Å². The molecule has 1 aliphatic rings.